The van der Waals surface area contributed by atoms with Gasteiger partial charge >= 0.3 is 0 Å². The molecule has 1 heterocycles. The molecule has 20 heavy (non-hydrogen) atoms. The van der Waals surface area contributed by atoms with Crippen molar-refractivity contribution in [1.82, 2.24) is 0 Å². The highest BCUT2D eigenvalue weighted by Gasteiger charge is 2.28. The van der Waals surface area contributed by atoms with Gasteiger partial charge in [-0.3, -0.25) is 0 Å². The molecule has 0 bridgehead atoms. The lowest BCUT2D eigenvalue weighted by atomic mass is 9.80. The van der Waals surface area contributed by atoms with Crippen LogP contribution >= 0.6 is 11.8 Å². The van der Waals surface area contributed by atoms with Crippen molar-refractivity contribution in [2.75, 3.05) is 0 Å². The zero-order valence-electron chi connectivity index (χ0n) is 11.5. The van der Waals surface area contributed by atoms with E-state index in [1.54, 1.807) is 17.8 Å². The average molecular weight is 290 g/mol. The van der Waals surface area contributed by atoms with Crippen LogP contribution in [-0.2, 0) is 5.75 Å². The Morgan fingerprint density at radius 3 is 2.55 bits per heavy atom. The second-order valence-corrected chi connectivity index (χ2v) is 6.49. The topological polar surface area (TPSA) is 0 Å². The normalized spacial score (nSPS) is 17.6. The number of hydrogen-bond acceptors (Lipinski definition) is 1. The van der Waals surface area contributed by atoms with Gasteiger partial charge in [0.15, 0.2) is 11.6 Å². The molecular weight excluding hydrogens is 274 g/mol. The Labute approximate surface area is 122 Å². The first-order chi connectivity index (χ1) is 9.59. The maximum Gasteiger partial charge on any atom is 0.163 e. The highest BCUT2D eigenvalue weighted by atomic mass is 32.2. The van der Waals surface area contributed by atoms with Crippen LogP contribution in [0.4, 0.5) is 8.78 Å². The molecule has 0 aromatic heterocycles. The predicted molar refractivity (Wildman–Crippen MR) is 79.0 cm³/mol. The first-order valence-electron chi connectivity index (χ1n) is 6.78. The fourth-order valence-electron chi connectivity index (χ4n) is 2.95. The van der Waals surface area contributed by atoms with Crippen molar-refractivity contribution in [3.05, 3.63) is 64.7 Å². The first-order valence-corrected chi connectivity index (χ1v) is 7.76. The summed E-state index contributed by atoms with van der Waals surface area (Å²) in [5, 5.41) is 0. The molecule has 0 fully saturated rings. The summed E-state index contributed by atoms with van der Waals surface area (Å²) in [6.45, 7) is 4.25. The van der Waals surface area contributed by atoms with Gasteiger partial charge in [-0.2, -0.15) is 0 Å². The van der Waals surface area contributed by atoms with E-state index >= 15 is 0 Å². The average Bonchev–Trinajstić information content (AvgIpc) is 2.60. The second-order valence-electron chi connectivity index (χ2n) is 5.48. The van der Waals surface area contributed by atoms with Crippen LogP contribution in [0.2, 0.25) is 0 Å². The van der Waals surface area contributed by atoms with E-state index in [2.05, 4.69) is 26.0 Å². The molecule has 2 aromatic rings. The summed E-state index contributed by atoms with van der Waals surface area (Å²) in [5.74, 6) is -0.505. The molecule has 0 spiro atoms. The molecule has 0 amide bonds. The molecule has 0 radical (unpaired) electrons. The highest BCUT2D eigenvalue weighted by Crippen LogP contribution is 2.44. The van der Waals surface area contributed by atoms with Crippen molar-refractivity contribution >= 4 is 11.8 Å². The Hall–Kier alpha value is -1.35. The third-order valence-corrected chi connectivity index (χ3v) is 4.98. The van der Waals surface area contributed by atoms with Crippen LogP contribution in [-0.4, -0.2) is 0 Å². The van der Waals surface area contributed by atoms with E-state index in [0.29, 0.717) is 17.2 Å². The molecule has 0 unspecified atom stereocenters. The minimum atomic E-state index is -0.752. The lowest BCUT2D eigenvalue weighted by Gasteiger charge is -2.23. The Bertz CT molecular complexity index is 649. The van der Waals surface area contributed by atoms with Gasteiger partial charge in [0.05, 0.1) is 0 Å². The van der Waals surface area contributed by atoms with Gasteiger partial charge in [0.2, 0.25) is 0 Å². The van der Waals surface area contributed by atoms with E-state index in [0.717, 1.165) is 5.56 Å². The third-order valence-electron chi connectivity index (χ3n) is 3.86. The summed E-state index contributed by atoms with van der Waals surface area (Å²) in [6, 6.07) is 11.2. The van der Waals surface area contributed by atoms with Gasteiger partial charge in [-0.25, -0.2) is 8.78 Å². The Morgan fingerprint density at radius 1 is 1.05 bits per heavy atom. The van der Waals surface area contributed by atoms with E-state index in [9.17, 15) is 8.78 Å². The van der Waals surface area contributed by atoms with E-state index in [1.165, 1.54) is 16.5 Å². The number of thioether (sulfide) groups is 1. The number of rotatable bonds is 1. The molecule has 2 aromatic carbocycles. The molecule has 0 nitrogen and oxygen atoms in total. The number of benzene rings is 2. The van der Waals surface area contributed by atoms with E-state index in [1.807, 2.05) is 12.1 Å². The predicted octanol–water partition coefficient (Wildman–Crippen LogP) is 5.36. The van der Waals surface area contributed by atoms with Gasteiger partial charge < -0.3 is 0 Å². The van der Waals surface area contributed by atoms with E-state index in [4.69, 9.17) is 0 Å². The lowest BCUT2D eigenvalue weighted by molar-refractivity contribution is 0.492. The molecule has 3 heteroatoms. The lowest BCUT2D eigenvalue weighted by Crippen LogP contribution is -2.11. The van der Waals surface area contributed by atoms with Crippen LogP contribution in [0.25, 0.3) is 0 Å². The van der Waals surface area contributed by atoms with Gasteiger partial charge in [-0.05, 0) is 29.2 Å². The Morgan fingerprint density at radius 2 is 1.80 bits per heavy atom. The van der Waals surface area contributed by atoms with Gasteiger partial charge in [0, 0.05) is 22.1 Å². The zero-order valence-corrected chi connectivity index (χ0v) is 12.3. The molecule has 0 saturated carbocycles. The smallest absolute Gasteiger partial charge is 0.163 e. The number of hydrogen-bond donors (Lipinski definition) is 0. The van der Waals surface area contributed by atoms with Crippen LogP contribution < -0.4 is 0 Å². The SMILES string of the molecule is CC(C)[C@@H]1c2ccccc2SCc2c1ccc(F)c2F. The van der Waals surface area contributed by atoms with Crippen LogP contribution in [0, 0.1) is 17.6 Å². The van der Waals surface area contributed by atoms with Gasteiger partial charge in [0.1, 0.15) is 0 Å². The van der Waals surface area contributed by atoms with Crippen molar-refractivity contribution in [2.45, 2.75) is 30.4 Å². The fourth-order valence-corrected chi connectivity index (χ4v) is 4.08. The standard InChI is InChI=1S/C17H16F2S/c1-10(2)16-11-7-8-14(18)17(19)13(11)9-20-15-6-4-3-5-12(15)16/h3-8,10,16H,9H2,1-2H3/t16-/m0/s1. The Kier molecular flexibility index (Phi) is 3.55. The molecule has 0 N–H and O–H groups in total. The van der Waals surface area contributed by atoms with Crippen molar-refractivity contribution in [1.29, 1.82) is 0 Å². The fraction of sp³-hybridized carbons (Fsp3) is 0.294. The largest absolute Gasteiger partial charge is 0.204 e. The molecule has 1 atom stereocenters. The van der Waals surface area contributed by atoms with E-state index in [-0.39, 0.29) is 5.92 Å². The quantitative estimate of drug-likeness (QED) is 0.681. The van der Waals surface area contributed by atoms with Crippen LogP contribution in [0.1, 0.15) is 36.5 Å². The van der Waals surface area contributed by atoms with Crippen LogP contribution in [0.3, 0.4) is 0 Å². The second kappa shape index (κ2) is 5.21. The van der Waals surface area contributed by atoms with Crippen molar-refractivity contribution in [3.8, 4) is 0 Å². The van der Waals surface area contributed by atoms with Crippen LogP contribution in [0.5, 0.6) is 0 Å². The number of halogens is 2. The summed E-state index contributed by atoms with van der Waals surface area (Å²) in [6.07, 6.45) is 0. The molecular formula is C17H16F2S. The molecule has 104 valence electrons. The zero-order chi connectivity index (χ0) is 14.3. The monoisotopic (exact) mass is 290 g/mol. The van der Waals surface area contributed by atoms with Gasteiger partial charge in [-0.15, -0.1) is 11.8 Å². The third kappa shape index (κ3) is 2.14. The summed E-state index contributed by atoms with van der Waals surface area (Å²) in [7, 11) is 0. The highest BCUT2D eigenvalue weighted by molar-refractivity contribution is 7.98. The molecule has 1 aliphatic heterocycles. The minimum absolute atomic E-state index is 0.117. The maximum atomic E-state index is 14.1. The maximum absolute atomic E-state index is 14.1. The molecule has 3 rings (SSSR count). The molecule has 0 aliphatic carbocycles. The summed E-state index contributed by atoms with van der Waals surface area (Å²) in [4.78, 5) is 1.17. The first kappa shape index (κ1) is 13.6. The van der Waals surface area contributed by atoms with Crippen molar-refractivity contribution in [3.63, 3.8) is 0 Å². The van der Waals surface area contributed by atoms with Crippen molar-refractivity contribution < 1.29 is 8.78 Å². The summed E-state index contributed by atoms with van der Waals surface area (Å²) in [5.41, 5.74) is 2.67. The van der Waals surface area contributed by atoms with Gasteiger partial charge in [-0.1, -0.05) is 38.1 Å². The molecule has 1 aliphatic rings. The number of fused-ring (bicyclic) bond motifs is 2. The van der Waals surface area contributed by atoms with Crippen LogP contribution in [0.15, 0.2) is 41.3 Å². The summed E-state index contributed by atoms with van der Waals surface area (Å²) < 4.78 is 27.6. The summed E-state index contributed by atoms with van der Waals surface area (Å²) >= 11 is 1.59. The Balaban J connectivity index is 2.25. The van der Waals surface area contributed by atoms with Crippen molar-refractivity contribution in [2.24, 2.45) is 5.92 Å². The minimum Gasteiger partial charge on any atom is -0.204 e. The molecule has 0 saturated heterocycles. The van der Waals surface area contributed by atoms with Gasteiger partial charge in [0.25, 0.3) is 0 Å². The van der Waals surface area contributed by atoms with E-state index < -0.39 is 11.6 Å².